The van der Waals surface area contributed by atoms with E-state index in [1.165, 1.54) is 5.56 Å². The summed E-state index contributed by atoms with van der Waals surface area (Å²) in [6, 6.07) is 8.01. The van der Waals surface area contributed by atoms with Gasteiger partial charge in [-0.3, -0.25) is 0 Å². The van der Waals surface area contributed by atoms with E-state index in [0.717, 1.165) is 31.3 Å². The minimum atomic E-state index is 0.662. The number of carbonyl (C=O) groups is 1. The van der Waals surface area contributed by atoms with Crippen LogP contribution in [0.3, 0.4) is 0 Å². The van der Waals surface area contributed by atoms with Crippen LogP contribution in [0.5, 0.6) is 5.75 Å². The topological polar surface area (TPSA) is 26.3 Å². The van der Waals surface area contributed by atoms with Crippen LogP contribution in [0, 0.1) is 0 Å². The van der Waals surface area contributed by atoms with Crippen LogP contribution >= 0.6 is 0 Å². The monoisotopic (exact) mass is 192 g/mol. The highest BCUT2D eigenvalue weighted by Crippen LogP contribution is 2.19. The van der Waals surface area contributed by atoms with E-state index in [1.54, 1.807) is 7.11 Å². The average molecular weight is 192 g/mol. The molecule has 0 N–H and O–H groups in total. The molecule has 0 bridgehead atoms. The molecule has 2 heteroatoms. The van der Waals surface area contributed by atoms with Crippen molar-refractivity contribution in [3.8, 4) is 5.75 Å². The summed E-state index contributed by atoms with van der Waals surface area (Å²) in [5, 5.41) is 0. The summed E-state index contributed by atoms with van der Waals surface area (Å²) in [6.07, 6.45) is 4.62. The summed E-state index contributed by atoms with van der Waals surface area (Å²) in [6.45, 7) is 0. The molecule has 1 rings (SSSR count). The highest BCUT2D eigenvalue weighted by molar-refractivity contribution is 5.49. The van der Waals surface area contributed by atoms with Crippen LogP contribution < -0.4 is 4.74 Å². The third kappa shape index (κ3) is 3.21. The van der Waals surface area contributed by atoms with Gasteiger partial charge in [0.15, 0.2) is 0 Å². The van der Waals surface area contributed by atoms with Gasteiger partial charge >= 0.3 is 0 Å². The minimum absolute atomic E-state index is 0.662. The Morgan fingerprint density at radius 1 is 1.29 bits per heavy atom. The molecule has 76 valence electrons. The molecule has 0 atom stereocenters. The second-order valence-electron chi connectivity index (χ2n) is 3.22. The fraction of sp³-hybridized carbons (Fsp3) is 0.417. The van der Waals surface area contributed by atoms with E-state index in [4.69, 9.17) is 4.74 Å². The molecular formula is C12H16O2. The molecule has 0 aliphatic heterocycles. The zero-order valence-electron chi connectivity index (χ0n) is 8.53. The second-order valence-corrected chi connectivity index (χ2v) is 3.22. The smallest absolute Gasteiger partial charge is 0.122 e. The number of benzene rings is 1. The SMILES string of the molecule is COc1ccccc1CCCCC=O. The van der Waals surface area contributed by atoms with Gasteiger partial charge in [-0.2, -0.15) is 0 Å². The molecule has 2 nitrogen and oxygen atoms in total. The third-order valence-corrected chi connectivity index (χ3v) is 2.21. The van der Waals surface area contributed by atoms with Gasteiger partial charge in [-0.1, -0.05) is 18.2 Å². The third-order valence-electron chi connectivity index (χ3n) is 2.21. The Hall–Kier alpha value is -1.31. The Balaban J connectivity index is 2.44. The van der Waals surface area contributed by atoms with Gasteiger partial charge < -0.3 is 9.53 Å². The Morgan fingerprint density at radius 3 is 2.79 bits per heavy atom. The van der Waals surface area contributed by atoms with Crippen molar-refractivity contribution in [3.05, 3.63) is 29.8 Å². The number of methoxy groups -OCH3 is 1. The predicted octanol–water partition coefficient (Wildman–Crippen LogP) is 2.61. The van der Waals surface area contributed by atoms with Gasteiger partial charge in [-0.05, 0) is 30.9 Å². The molecule has 0 aliphatic rings. The summed E-state index contributed by atoms with van der Waals surface area (Å²) >= 11 is 0. The number of para-hydroxylation sites is 1. The molecule has 0 amide bonds. The van der Waals surface area contributed by atoms with E-state index >= 15 is 0 Å². The van der Waals surface area contributed by atoms with Gasteiger partial charge in [0.25, 0.3) is 0 Å². The average Bonchev–Trinajstić information content (AvgIpc) is 2.25. The summed E-state index contributed by atoms with van der Waals surface area (Å²) < 4.78 is 5.23. The second kappa shape index (κ2) is 6.19. The van der Waals surface area contributed by atoms with Crippen molar-refractivity contribution in [3.63, 3.8) is 0 Å². The number of hydrogen-bond donors (Lipinski definition) is 0. The normalized spacial score (nSPS) is 9.79. The van der Waals surface area contributed by atoms with E-state index in [-0.39, 0.29) is 0 Å². The number of carbonyl (C=O) groups excluding carboxylic acids is 1. The quantitative estimate of drug-likeness (QED) is 0.511. The lowest BCUT2D eigenvalue weighted by Gasteiger charge is -2.06. The number of aldehydes is 1. The molecule has 1 aromatic rings. The van der Waals surface area contributed by atoms with Crippen LogP contribution in [0.1, 0.15) is 24.8 Å². The van der Waals surface area contributed by atoms with Crippen molar-refractivity contribution in [2.24, 2.45) is 0 Å². The molecule has 0 radical (unpaired) electrons. The maximum atomic E-state index is 10.1. The molecule has 0 saturated heterocycles. The first-order valence-electron chi connectivity index (χ1n) is 4.94. The highest BCUT2D eigenvalue weighted by atomic mass is 16.5. The number of unbranched alkanes of at least 4 members (excludes halogenated alkanes) is 2. The lowest BCUT2D eigenvalue weighted by molar-refractivity contribution is -0.107. The molecule has 0 saturated carbocycles. The van der Waals surface area contributed by atoms with Crippen LogP contribution in [0.25, 0.3) is 0 Å². The zero-order chi connectivity index (χ0) is 10.2. The number of hydrogen-bond acceptors (Lipinski definition) is 2. The highest BCUT2D eigenvalue weighted by Gasteiger charge is 2.00. The van der Waals surface area contributed by atoms with Crippen molar-refractivity contribution >= 4 is 6.29 Å². The van der Waals surface area contributed by atoms with Crippen LogP contribution in [0.4, 0.5) is 0 Å². The van der Waals surface area contributed by atoms with Gasteiger partial charge in [-0.15, -0.1) is 0 Å². The first kappa shape index (κ1) is 10.8. The molecule has 0 fully saturated rings. The Morgan fingerprint density at radius 2 is 2.07 bits per heavy atom. The molecule has 1 aromatic carbocycles. The van der Waals surface area contributed by atoms with Crippen molar-refractivity contribution < 1.29 is 9.53 Å². The van der Waals surface area contributed by atoms with Crippen molar-refractivity contribution in [2.45, 2.75) is 25.7 Å². The number of ether oxygens (including phenoxy) is 1. The summed E-state index contributed by atoms with van der Waals surface area (Å²) in [5.41, 5.74) is 1.22. The van der Waals surface area contributed by atoms with Crippen LogP contribution in [-0.4, -0.2) is 13.4 Å². The van der Waals surface area contributed by atoms with Crippen LogP contribution in [0.15, 0.2) is 24.3 Å². The fourth-order valence-corrected chi connectivity index (χ4v) is 1.45. The largest absolute Gasteiger partial charge is 0.496 e. The molecule has 0 spiro atoms. The molecular weight excluding hydrogens is 176 g/mol. The molecule has 0 heterocycles. The Kier molecular flexibility index (Phi) is 4.76. The Bertz CT molecular complexity index is 281. The number of rotatable bonds is 6. The Labute approximate surface area is 84.9 Å². The van der Waals surface area contributed by atoms with E-state index in [2.05, 4.69) is 6.07 Å². The lowest BCUT2D eigenvalue weighted by Crippen LogP contribution is -1.92. The standard InChI is InChI=1S/C12H16O2/c1-14-12-9-5-4-8-11(12)7-3-2-6-10-13/h4-5,8-10H,2-3,6-7H2,1H3. The summed E-state index contributed by atoms with van der Waals surface area (Å²) in [5.74, 6) is 0.943. The van der Waals surface area contributed by atoms with Crippen molar-refractivity contribution in [2.75, 3.05) is 7.11 Å². The van der Waals surface area contributed by atoms with Crippen LogP contribution in [-0.2, 0) is 11.2 Å². The maximum absolute atomic E-state index is 10.1. The van der Waals surface area contributed by atoms with Crippen LogP contribution in [0.2, 0.25) is 0 Å². The fourth-order valence-electron chi connectivity index (χ4n) is 1.45. The van der Waals surface area contributed by atoms with E-state index < -0.39 is 0 Å². The van der Waals surface area contributed by atoms with Gasteiger partial charge in [0.1, 0.15) is 12.0 Å². The zero-order valence-corrected chi connectivity index (χ0v) is 8.53. The molecule has 0 aromatic heterocycles. The van der Waals surface area contributed by atoms with E-state index in [0.29, 0.717) is 6.42 Å². The van der Waals surface area contributed by atoms with Crippen molar-refractivity contribution in [1.29, 1.82) is 0 Å². The van der Waals surface area contributed by atoms with Crippen molar-refractivity contribution in [1.82, 2.24) is 0 Å². The van der Waals surface area contributed by atoms with Gasteiger partial charge in [0.2, 0.25) is 0 Å². The molecule has 0 aliphatic carbocycles. The predicted molar refractivity (Wildman–Crippen MR) is 56.6 cm³/mol. The molecule has 0 unspecified atom stereocenters. The van der Waals surface area contributed by atoms with Gasteiger partial charge in [-0.25, -0.2) is 0 Å². The van der Waals surface area contributed by atoms with Gasteiger partial charge in [0.05, 0.1) is 7.11 Å². The van der Waals surface area contributed by atoms with E-state index in [1.807, 2.05) is 18.2 Å². The van der Waals surface area contributed by atoms with E-state index in [9.17, 15) is 4.79 Å². The van der Waals surface area contributed by atoms with Gasteiger partial charge in [0, 0.05) is 6.42 Å². The summed E-state index contributed by atoms with van der Waals surface area (Å²) in [4.78, 5) is 10.1. The first-order chi connectivity index (χ1) is 6.88. The maximum Gasteiger partial charge on any atom is 0.122 e. The lowest BCUT2D eigenvalue weighted by atomic mass is 10.1. The first-order valence-corrected chi connectivity index (χ1v) is 4.94. The number of aryl methyl sites for hydroxylation is 1. The molecule has 14 heavy (non-hydrogen) atoms. The summed E-state index contributed by atoms with van der Waals surface area (Å²) in [7, 11) is 1.68. The minimum Gasteiger partial charge on any atom is -0.496 e.